The Morgan fingerprint density at radius 2 is 1.56 bits per heavy atom. The van der Waals surface area contributed by atoms with Crippen LogP contribution in [0.1, 0.15) is 45.4 Å². The van der Waals surface area contributed by atoms with Gasteiger partial charge in [0.2, 0.25) is 0 Å². The molecule has 3 heteroatoms. The SMILES string of the molecule is CC/C=C\C[C@H](O)/C=C/C=C\C/C=C\C/C=C\C=C\CCC(=O)OC. The van der Waals surface area contributed by atoms with Gasteiger partial charge in [-0.25, -0.2) is 0 Å². The molecule has 0 unspecified atom stereocenters. The Hall–Kier alpha value is -2.13. The fraction of sp³-hybridized carbons (Fsp3) is 0.409. The van der Waals surface area contributed by atoms with E-state index in [0.29, 0.717) is 19.3 Å². The first-order valence-corrected chi connectivity index (χ1v) is 8.90. The first-order valence-electron chi connectivity index (χ1n) is 8.90. The van der Waals surface area contributed by atoms with Crippen LogP contribution >= 0.6 is 0 Å². The zero-order chi connectivity index (χ0) is 18.6. The molecular formula is C22H32O3. The van der Waals surface area contributed by atoms with E-state index in [1.54, 1.807) is 6.08 Å². The molecule has 0 radical (unpaired) electrons. The van der Waals surface area contributed by atoms with E-state index in [0.717, 1.165) is 19.3 Å². The number of ether oxygens (including phenoxy) is 1. The van der Waals surface area contributed by atoms with Crippen molar-refractivity contribution in [3.63, 3.8) is 0 Å². The molecule has 0 heterocycles. The summed E-state index contributed by atoms with van der Waals surface area (Å²) in [4.78, 5) is 10.9. The van der Waals surface area contributed by atoms with Crippen LogP contribution in [0.5, 0.6) is 0 Å². The topological polar surface area (TPSA) is 46.5 Å². The number of methoxy groups -OCH3 is 1. The van der Waals surface area contributed by atoms with E-state index in [2.05, 4.69) is 42.0 Å². The molecule has 1 N–H and O–H groups in total. The minimum atomic E-state index is -0.409. The minimum absolute atomic E-state index is 0.178. The number of hydrogen-bond acceptors (Lipinski definition) is 3. The van der Waals surface area contributed by atoms with Crippen molar-refractivity contribution in [3.8, 4) is 0 Å². The highest BCUT2D eigenvalue weighted by atomic mass is 16.5. The summed E-state index contributed by atoms with van der Waals surface area (Å²) in [5.74, 6) is -0.178. The number of carbonyl (C=O) groups is 1. The van der Waals surface area contributed by atoms with E-state index in [9.17, 15) is 9.90 Å². The smallest absolute Gasteiger partial charge is 0.305 e. The Balaban J connectivity index is 3.71. The lowest BCUT2D eigenvalue weighted by molar-refractivity contribution is -0.140. The third-order valence-electron chi connectivity index (χ3n) is 3.20. The summed E-state index contributed by atoms with van der Waals surface area (Å²) in [6, 6.07) is 0. The summed E-state index contributed by atoms with van der Waals surface area (Å²) in [6.45, 7) is 2.08. The normalized spacial score (nSPS) is 14.2. The van der Waals surface area contributed by atoms with E-state index >= 15 is 0 Å². The van der Waals surface area contributed by atoms with Crippen LogP contribution in [-0.2, 0) is 9.53 Å². The van der Waals surface area contributed by atoms with Crippen molar-refractivity contribution >= 4 is 5.97 Å². The van der Waals surface area contributed by atoms with Gasteiger partial charge < -0.3 is 9.84 Å². The van der Waals surface area contributed by atoms with Gasteiger partial charge in [0, 0.05) is 6.42 Å². The number of allylic oxidation sites excluding steroid dienone is 10. The zero-order valence-corrected chi connectivity index (χ0v) is 15.5. The van der Waals surface area contributed by atoms with E-state index in [4.69, 9.17) is 0 Å². The summed E-state index contributed by atoms with van der Waals surface area (Å²) in [5.41, 5.74) is 0. The molecule has 1 atom stereocenters. The molecule has 138 valence electrons. The van der Waals surface area contributed by atoms with E-state index in [-0.39, 0.29) is 5.97 Å². The molecule has 0 rings (SSSR count). The second kappa shape index (κ2) is 18.2. The van der Waals surface area contributed by atoms with Gasteiger partial charge in [-0.05, 0) is 32.1 Å². The van der Waals surface area contributed by atoms with Gasteiger partial charge in [0.15, 0.2) is 0 Å². The van der Waals surface area contributed by atoms with Gasteiger partial charge in [-0.15, -0.1) is 0 Å². The zero-order valence-electron chi connectivity index (χ0n) is 15.5. The van der Waals surface area contributed by atoms with Crippen LogP contribution in [-0.4, -0.2) is 24.3 Å². The van der Waals surface area contributed by atoms with Crippen LogP contribution in [0.25, 0.3) is 0 Å². The van der Waals surface area contributed by atoms with Crippen LogP contribution in [0.3, 0.4) is 0 Å². The highest BCUT2D eigenvalue weighted by molar-refractivity contribution is 5.69. The number of esters is 1. The standard InChI is InChI=1S/C22H32O3/c1-3-4-15-18-21(23)19-16-13-11-9-7-5-6-8-10-12-14-17-20-22(24)25-2/h4-5,7-8,10-16,19,21,23H,3,6,9,17-18,20H2,1-2H3/b7-5-,10-8-,13-11-,14-12+,15-4-,19-16+/t21-/m0/s1. The first kappa shape index (κ1) is 22.9. The molecule has 0 aliphatic rings. The molecule has 0 aliphatic heterocycles. The van der Waals surface area contributed by atoms with Gasteiger partial charge in [-0.3, -0.25) is 4.79 Å². The predicted molar refractivity (Wildman–Crippen MR) is 106 cm³/mol. The molecule has 0 saturated heterocycles. The number of aliphatic hydroxyl groups excluding tert-OH is 1. The highest BCUT2D eigenvalue weighted by Gasteiger charge is 1.94. The summed E-state index contributed by atoms with van der Waals surface area (Å²) in [7, 11) is 1.40. The quantitative estimate of drug-likeness (QED) is 0.283. The maximum atomic E-state index is 10.9. The van der Waals surface area contributed by atoms with E-state index in [1.807, 2.05) is 36.5 Å². The molecule has 0 fully saturated rings. The maximum absolute atomic E-state index is 10.9. The Morgan fingerprint density at radius 3 is 2.20 bits per heavy atom. The largest absolute Gasteiger partial charge is 0.469 e. The second-order valence-electron chi connectivity index (χ2n) is 5.41. The van der Waals surface area contributed by atoms with Crippen LogP contribution in [0.2, 0.25) is 0 Å². The molecule has 0 spiro atoms. The Bertz CT molecular complexity index is 493. The average Bonchev–Trinajstić information content (AvgIpc) is 2.61. The first-order chi connectivity index (χ1) is 12.2. The monoisotopic (exact) mass is 344 g/mol. The van der Waals surface area contributed by atoms with Crippen LogP contribution in [0, 0.1) is 0 Å². The Labute approximate surface area is 152 Å². The summed E-state index contributed by atoms with van der Waals surface area (Å²) < 4.78 is 4.56. The van der Waals surface area contributed by atoms with Gasteiger partial charge in [0.05, 0.1) is 13.2 Å². The average molecular weight is 344 g/mol. The predicted octanol–water partition coefficient (Wildman–Crippen LogP) is 5.22. The number of rotatable bonds is 13. The molecule has 0 aromatic rings. The molecular weight excluding hydrogens is 312 g/mol. The minimum Gasteiger partial charge on any atom is -0.469 e. The second-order valence-corrected chi connectivity index (χ2v) is 5.41. The van der Waals surface area contributed by atoms with Crippen LogP contribution in [0.15, 0.2) is 72.9 Å². The van der Waals surface area contributed by atoms with Crippen molar-refractivity contribution in [2.75, 3.05) is 7.11 Å². The van der Waals surface area contributed by atoms with Crippen molar-refractivity contribution in [1.29, 1.82) is 0 Å². The summed E-state index contributed by atoms with van der Waals surface area (Å²) in [6.07, 6.45) is 28.1. The van der Waals surface area contributed by atoms with Gasteiger partial charge in [0.25, 0.3) is 0 Å². The number of hydrogen-bond donors (Lipinski definition) is 1. The molecule has 0 aliphatic carbocycles. The molecule has 25 heavy (non-hydrogen) atoms. The maximum Gasteiger partial charge on any atom is 0.305 e. The molecule has 3 nitrogen and oxygen atoms in total. The third kappa shape index (κ3) is 18.1. The van der Waals surface area contributed by atoms with Crippen molar-refractivity contribution in [2.45, 2.75) is 51.6 Å². The molecule has 0 saturated carbocycles. The third-order valence-corrected chi connectivity index (χ3v) is 3.20. The van der Waals surface area contributed by atoms with Crippen LogP contribution < -0.4 is 0 Å². The molecule has 0 aromatic heterocycles. The Kier molecular flexibility index (Phi) is 16.7. The summed E-state index contributed by atoms with van der Waals surface area (Å²) in [5, 5.41) is 9.67. The highest BCUT2D eigenvalue weighted by Crippen LogP contribution is 1.98. The van der Waals surface area contributed by atoms with Crippen LogP contribution in [0.4, 0.5) is 0 Å². The lowest BCUT2D eigenvalue weighted by Crippen LogP contribution is -1.98. The lowest BCUT2D eigenvalue weighted by Gasteiger charge is -1.98. The number of aliphatic hydroxyl groups is 1. The van der Waals surface area contributed by atoms with Crippen molar-refractivity contribution in [2.24, 2.45) is 0 Å². The van der Waals surface area contributed by atoms with E-state index < -0.39 is 6.10 Å². The van der Waals surface area contributed by atoms with Gasteiger partial charge in [-0.1, -0.05) is 79.8 Å². The van der Waals surface area contributed by atoms with Gasteiger partial charge in [0.1, 0.15) is 0 Å². The van der Waals surface area contributed by atoms with E-state index in [1.165, 1.54) is 7.11 Å². The van der Waals surface area contributed by atoms with Gasteiger partial charge in [-0.2, -0.15) is 0 Å². The lowest BCUT2D eigenvalue weighted by atomic mass is 10.2. The van der Waals surface area contributed by atoms with Gasteiger partial charge >= 0.3 is 5.97 Å². The fourth-order valence-electron chi connectivity index (χ4n) is 1.82. The van der Waals surface area contributed by atoms with Crippen molar-refractivity contribution in [1.82, 2.24) is 0 Å². The number of carbonyl (C=O) groups excluding carboxylic acids is 1. The Morgan fingerprint density at radius 1 is 0.920 bits per heavy atom. The van der Waals surface area contributed by atoms with Crippen molar-refractivity contribution < 1.29 is 14.6 Å². The molecule has 0 bridgehead atoms. The molecule has 0 amide bonds. The van der Waals surface area contributed by atoms with Crippen molar-refractivity contribution in [3.05, 3.63) is 72.9 Å². The fourth-order valence-corrected chi connectivity index (χ4v) is 1.82. The summed E-state index contributed by atoms with van der Waals surface area (Å²) >= 11 is 0. The molecule has 0 aromatic carbocycles.